The summed E-state index contributed by atoms with van der Waals surface area (Å²) in [6, 6.07) is 7.93. The summed E-state index contributed by atoms with van der Waals surface area (Å²) in [5, 5.41) is 6.12. The zero-order valence-corrected chi connectivity index (χ0v) is 14.9. The van der Waals surface area contributed by atoms with Gasteiger partial charge in [-0.3, -0.25) is 0 Å². The van der Waals surface area contributed by atoms with Crippen LogP contribution in [0.5, 0.6) is 0 Å². The SMILES string of the molecule is CC(C)(C)OC(=O)N1CCC(c2ccc(-n3cn[nH]c3=O)cc2)CC1. The van der Waals surface area contributed by atoms with Crippen molar-refractivity contribution in [1.82, 2.24) is 19.7 Å². The topological polar surface area (TPSA) is 80.2 Å². The molecule has 1 aromatic carbocycles. The van der Waals surface area contributed by atoms with Gasteiger partial charge in [-0.1, -0.05) is 12.1 Å². The summed E-state index contributed by atoms with van der Waals surface area (Å²) >= 11 is 0. The summed E-state index contributed by atoms with van der Waals surface area (Å²) in [4.78, 5) is 25.5. The van der Waals surface area contributed by atoms with Crippen molar-refractivity contribution in [2.45, 2.75) is 45.1 Å². The van der Waals surface area contributed by atoms with Gasteiger partial charge in [-0.2, -0.15) is 5.10 Å². The van der Waals surface area contributed by atoms with E-state index in [1.807, 2.05) is 45.0 Å². The molecule has 134 valence electrons. The molecule has 0 saturated carbocycles. The number of piperidine rings is 1. The number of likely N-dealkylation sites (tertiary alicyclic amines) is 1. The van der Waals surface area contributed by atoms with E-state index < -0.39 is 5.60 Å². The first-order chi connectivity index (χ1) is 11.8. The van der Waals surface area contributed by atoms with Gasteiger partial charge in [0, 0.05) is 13.1 Å². The van der Waals surface area contributed by atoms with Crippen LogP contribution in [0, 0.1) is 0 Å². The Morgan fingerprint density at radius 2 is 1.84 bits per heavy atom. The van der Waals surface area contributed by atoms with Gasteiger partial charge in [0.15, 0.2) is 0 Å². The smallest absolute Gasteiger partial charge is 0.410 e. The number of hydrogen-bond acceptors (Lipinski definition) is 4. The number of ether oxygens (including phenoxy) is 1. The Balaban J connectivity index is 1.61. The average Bonchev–Trinajstić information content (AvgIpc) is 3.00. The van der Waals surface area contributed by atoms with Crippen LogP contribution in [0.2, 0.25) is 0 Å². The maximum atomic E-state index is 12.1. The van der Waals surface area contributed by atoms with Gasteiger partial charge in [0.2, 0.25) is 0 Å². The van der Waals surface area contributed by atoms with E-state index in [2.05, 4.69) is 10.2 Å². The van der Waals surface area contributed by atoms with E-state index in [-0.39, 0.29) is 11.8 Å². The van der Waals surface area contributed by atoms with E-state index in [0.29, 0.717) is 19.0 Å². The predicted molar refractivity (Wildman–Crippen MR) is 94.0 cm³/mol. The number of rotatable bonds is 2. The van der Waals surface area contributed by atoms with E-state index in [1.54, 1.807) is 4.90 Å². The first-order valence-electron chi connectivity index (χ1n) is 8.54. The number of aromatic nitrogens is 3. The zero-order chi connectivity index (χ0) is 18.0. The molecule has 0 radical (unpaired) electrons. The Bertz CT molecular complexity index is 778. The number of H-pyrrole nitrogens is 1. The van der Waals surface area contributed by atoms with E-state index >= 15 is 0 Å². The van der Waals surface area contributed by atoms with Crippen molar-refractivity contribution in [3.63, 3.8) is 0 Å². The van der Waals surface area contributed by atoms with Crippen LogP contribution in [0.1, 0.15) is 45.1 Å². The molecule has 1 fully saturated rings. The minimum Gasteiger partial charge on any atom is -0.444 e. The largest absolute Gasteiger partial charge is 0.444 e. The van der Waals surface area contributed by atoms with Crippen molar-refractivity contribution in [3.05, 3.63) is 46.6 Å². The third-order valence-electron chi connectivity index (χ3n) is 4.34. The highest BCUT2D eigenvalue weighted by atomic mass is 16.6. The summed E-state index contributed by atoms with van der Waals surface area (Å²) in [7, 11) is 0. The highest BCUT2D eigenvalue weighted by Crippen LogP contribution is 2.29. The molecule has 0 bridgehead atoms. The summed E-state index contributed by atoms with van der Waals surface area (Å²) in [6.45, 7) is 7.03. The van der Waals surface area contributed by atoms with Crippen molar-refractivity contribution in [3.8, 4) is 5.69 Å². The predicted octanol–water partition coefficient (Wildman–Crippen LogP) is 2.68. The monoisotopic (exact) mass is 344 g/mol. The summed E-state index contributed by atoms with van der Waals surface area (Å²) < 4.78 is 6.90. The number of benzene rings is 1. The van der Waals surface area contributed by atoms with Crippen molar-refractivity contribution < 1.29 is 9.53 Å². The fraction of sp³-hybridized carbons (Fsp3) is 0.500. The van der Waals surface area contributed by atoms with E-state index in [0.717, 1.165) is 18.5 Å². The molecule has 0 aliphatic carbocycles. The average molecular weight is 344 g/mol. The van der Waals surface area contributed by atoms with Crippen LogP contribution in [-0.4, -0.2) is 44.4 Å². The summed E-state index contributed by atoms with van der Waals surface area (Å²) in [5.74, 6) is 0.411. The number of amides is 1. The first kappa shape index (κ1) is 17.3. The molecule has 1 saturated heterocycles. The molecule has 2 heterocycles. The Morgan fingerprint density at radius 3 is 2.36 bits per heavy atom. The Morgan fingerprint density at radius 1 is 1.20 bits per heavy atom. The van der Waals surface area contributed by atoms with Gasteiger partial charge in [-0.15, -0.1) is 0 Å². The second-order valence-corrected chi connectivity index (χ2v) is 7.36. The zero-order valence-electron chi connectivity index (χ0n) is 14.9. The first-order valence-corrected chi connectivity index (χ1v) is 8.54. The quantitative estimate of drug-likeness (QED) is 0.908. The van der Waals surface area contributed by atoms with Crippen LogP contribution in [-0.2, 0) is 4.74 Å². The third-order valence-corrected chi connectivity index (χ3v) is 4.34. The Labute approximate surface area is 146 Å². The number of nitrogens with zero attached hydrogens (tertiary/aromatic N) is 3. The highest BCUT2D eigenvalue weighted by molar-refractivity contribution is 5.68. The molecule has 0 unspecified atom stereocenters. The van der Waals surface area contributed by atoms with E-state index in [1.165, 1.54) is 16.5 Å². The van der Waals surface area contributed by atoms with Crippen molar-refractivity contribution in [2.75, 3.05) is 13.1 Å². The minimum absolute atomic E-state index is 0.236. The molecule has 25 heavy (non-hydrogen) atoms. The molecule has 0 atom stereocenters. The van der Waals surface area contributed by atoms with Gasteiger partial charge in [0.05, 0.1) is 5.69 Å². The van der Waals surface area contributed by atoms with Gasteiger partial charge in [-0.05, 0) is 57.2 Å². The lowest BCUT2D eigenvalue weighted by Crippen LogP contribution is -2.41. The van der Waals surface area contributed by atoms with Crippen LogP contribution in [0.3, 0.4) is 0 Å². The lowest BCUT2D eigenvalue weighted by molar-refractivity contribution is 0.0205. The molecule has 1 aliphatic rings. The normalized spacial score (nSPS) is 16.0. The van der Waals surface area contributed by atoms with Crippen molar-refractivity contribution in [2.24, 2.45) is 0 Å². The number of carbonyl (C=O) groups excluding carboxylic acids is 1. The number of nitrogens with one attached hydrogen (secondary N) is 1. The maximum absolute atomic E-state index is 12.1. The van der Waals surface area contributed by atoms with Crippen molar-refractivity contribution in [1.29, 1.82) is 0 Å². The molecule has 0 spiro atoms. The maximum Gasteiger partial charge on any atom is 0.410 e. The molecule has 7 nitrogen and oxygen atoms in total. The highest BCUT2D eigenvalue weighted by Gasteiger charge is 2.27. The molecule has 1 aromatic heterocycles. The van der Waals surface area contributed by atoms with Gasteiger partial charge in [0.25, 0.3) is 0 Å². The number of hydrogen-bond donors (Lipinski definition) is 1. The van der Waals surface area contributed by atoms with E-state index in [4.69, 9.17) is 4.74 Å². The number of carbonyl (C=O) groups is 1. The summed E-state index contributed by atoms with van der Waals surface area (Å²) in [6.07, 6.45) is 3.05. The Hall–Kier alpha value is -2.57. The van der Waals surface area contributed by atoms with Gasteiger partial charge >= 0.3 is 11.8 Å². The van der Waals surface area contributed by atoms with E-state index in [9.17, 15) is 9.59 Å². The molecule has 1 aliphatic heterocycles. The molecular weight excluding hydrogens is 320 g/mol. The molecule has 7 heteroatoms. The van der Waals surface area contributed by atoms with Gasteiger partial charge < -0.3 is 9.64 Å². The molecule has 3 rings (SSSR count). The van der Waals surface area contributed by atoms with Crippen LogP contribution >= 0.6 is 0 Å². The molecule has 1 N–H and O–H groups in total. The van der Waals surface area contributed by atoms with Gasteiger partial charge in [-0.25, -0.2) is 19.3 Å². The Kier molecular flexibility index (Phi) is 4.65. The van der Waals surface area contributed by atoms with Crippen LogP contribution in [0.25, 0.3) is 5.69 Å². The second-order valence-electron chi connectivity index (χ2n) is 7.36. The fourth-order valence-corrected chi connectivity index (χ4v) is 3.06. The molecular formula is C18H24N4O3. The standard InChI is InChI=1S/C18H24N4O3/c1-18(2,3)25-17(24)21-10-8-14(9-11-21)13-4-6-15(7-5-13)22-12-19-20-16(22)23/h4-7,12,14H,8-11H2,1-3H3,(H,20,23). The van der Waals surface area contributed by atoms with Gasteiger partial charge in [0.1, 0.15) is 11.9 Å². The molecule has 1 amide bonds. The number of aromatic amines is 1. The van der Waals surface area contributed by atoms with Crippen LogP contribution < -0.4 is 5.69 Å². The molecule has 2 aromatic rings. The second kappa shape index (κ2) is 6.74. The minimum atomic E-state index is -0.463. The lowest BCUT2D eigenvalue weighted by atomic mass is 9.89. The summed E-state index contributed by atoms with van der Waals surface area (Å²) in [5.41, 5.74) is 1.30. The van der Waals surface area contributed by atoms with Crippen molar-refractivity contribution >= 4 is 6.09 Å². The third kappa shape index (κ3) is 4.10. The lowest BCUT2D eigenvalue weighted by Gasteiger charge is -2.33. The van der Waals surface area contributed by atoms with Crippen LogP contribution in [0.4, 0.5) is 4.79 Å². The fourth-order valence-electron chi connectivity index (χ4n) is 3.06. The van der Waals surface area contributed by atoms with Crippen LogP contribution in [0.15, 0.2) is 35.4 Å².